The van der Waals surface area contributed by atoms with Crippen LogP contribution in [0.1, 0.15) is 37.8 Å². The molecule has 1 aromatic heterocycles. The van der Waals surface area contributed by atoms with Crippen LogP contribution < -0.4 is 14.2 Å². The van der Waals surface area contributed by atoms with Crippen LogP contribution in [0.5, 0.6) is 17.2 Å². The predicted octanol–water partition coefficient (Wildman–Crippen LogP) is 4.12. The van der Waals surface area contributed by atoms with E-state index in [4.69, 9.17) is 19.3 Å². The SMILES string of the molecule is CCCOc1cc(CN2CCC(n3nnc4cc(OC(=O)O)ccc43)CC2)ccc1OC. The van der Waals surface area contributed by atoms with Gasteiger partial charge in [0, 0.05) is 25.7 Å². The van der Waals surface area contributed by atoms with Crippen LogP contribution in [0, 0.1) is 0 Å². The number of carbonyl (C=O) groups is 1. The van der Waals surface area contributed by atoms with Crippen LogP contribution >= 0.6 is 0 Å². The van der Waals surface area contributed by atoms with E-state index in [0.717, 1.165) is 55.9 Å². The molecule has 2 aromatic carbocycles. The van der Waals surface area contributed by atoms with E-state index in [2.05, 4.69) is 34.3 Å². The normalized spacial score (nSPS) is 15.1. The fourth-order valence-corrected chi connectivity index (χ4v) is 4.08. The third-order valence-corrected chi connectivity index (χ3v) is 5.65. The highest BCUT2D eigenvalue weighted by Gasteiger charge is 2.23. The Hall–Kier alpha value is -3.33. The molecule has 1 aliphatic rings. The van der Waals surface area contributed by atoms with E-state index in [-0.39, 0.29) is 11.8 Å². The number of fused-ring (bicyclic) bond motifs is 1. The largest absolute Gasteiger partial charge is 0.511 e. The lowest BCUT2D eigenvalue weighted by atomic mass is 10.0. The minimum Gasteiger partial charge on any atom is -0.493 e. The number of nitrogens with zero attached hydrogens (tertiary/aromatic N) is 4. The first kappa shape index (κ1) is 21.9. The molecule has 0 atom stereocenters. The summed E-state index contributed by atoms with van der Waals surface area (Å²) >= 11 is 0. The van der Waals surface area contributed by atoms with Crippen molar-refractivity contribution in [1.82, 2.24) is 19.9 Å². The summed E-state index contributed by atoms with van der Waals surface area (Å²) in [5, 5.41) is 17.3. The number of methoxy groups -OCH3 is 1. The van der Waals surface area contributed by atoms with E-state index < -0.39 is 6.16 Å². The number of carboxylic acid groups (broad SMARTS) is 1. The van der Waals surface area contributed by atoms with Gasteiger partial charge in [0.1, 0.15) is 11.3 Å². The van der Waals surface area contributed by atoms with Gasteiger partial charge in [-0.3, -0.25) is 4.90 Å². The highest BCUT2D eigenvalue weighted by molar-refractivity contribution is 5.77. The fourth-order valence-electron chi connectivity index (χ4n) is 4.08. The van der Waals surface area contributed by atoms with E-state index in [1.165, 1.54) is 5.56 Å². The molecule has 4 rings (SSSR count). The summed E-state index contributed by atoms with van der Waals surface area (Å²) in [6.07, 6.45) is 1.53. The topological polar surface area (TPSA) is 98.9 Å². The van der Waals surface area contributed by atoms with Gasteiger partial charge in [-0.05, 0) is 49.1 Å². The van der Waals surface area contributed by atoms with Crippen molar-refractivity contribution in [3.63, 3.8) is 0 Å². The van der Waals surface area contributed by atoms with Crippen molar-refractivity contribution in [2.45, 2.75) is 38.8 Å². The number of benzene rings is 2. The molecule has 0 saturated carbocycles. The molecular formula is C23H28N4O5. The molecule has 9 heteroatoms. The van der Waals surface area contributed by atoms with E-state index >= 15 is 0 Å². The van der Waals surface area contributed by atoms with Crippen LogP contribution in [-0.2, 0) is 6.54 Å². The van der Waals surface area contributed by atoms with Gasteiger partial charge in [-0.25, -0.2) is 9.48 Å². The smallest absolute Gasteiger partial charge is 0.493 e. The van der Waals surface area contributed by atoms with Gasteiger partial charge in [-0.1, -0.05) is 18.2 Å². The first-order chi connectivity index (χ1) is 15.6. The van der Waals surface area contributed by atoms with Gasteiger partial charge in [0.2, 0.25) is 0 Å². The first-order valence-corrected chi connectivity index (χ1v) is 10.8. The molecule has 1 aliphatic heterocycles. The highest BCUT2D eigenvalue weighted by Crippen LogP contribution is 2.31. The van der Waals surface area contributed by atoms with Crippen LogP contribution in [0.4, 0.5) is 4.79 Å². The molecule has 1 fully saturated rings. The molecule has 0 spiro atoms. The van der Waals surface area contributed by atoms with Crippen molar-refractivity contribution in [1.29, 1.82) is 0 Å². The lowest BCUT2D eigenvalue weighted by Crippen LogP contribution is -2.34. The van der Waals surface area contributed by atoms with Crippen LogP contribution in [-0.4, -0.2) is 58.0 Å². The molecule has 9 nitrogen and oxygen atoms in total. The summed E-state index contributed by atoms with van der Waals surface area (Å²) in [5.74, 6) is 1.80. The number of hydrogen-bond donors (Lipinski definition) is 1. The van der Waals surface area contributed by atoms with Crippen LogP contribution in [0.2, 0.25) is 0 Å². The average Bonchev–Trinajstić information content (AvgIpc) is 3.21. The van der Waals surface area contributed by atoms with Gasteiger partial charge >= 0.3 is 6.16 Å². The zero-order valence-corrected chi connectivity index (χ0v) is 18.4. The van der Waals surface area contributed by atoms with Crippen molar-refractivity contribution in [2.75, 3.05) is 26.8 Å². The van der Waals surface area contributed by atoms with Crippen LogP contribution in [0.25, 0.3) is 11.0 Å². The second-order valence-electron chi connectivity index (χ2n) is 7.89. The maximum Gasteiger partial charge on any atom is 0.511 e. The van der Waals surface area contributed by atoms with Crippen LogP contribution in [0.15, 0.2) is 36.4 Å². The third-order valence-electron chi connectivity index (χ3n) is 5.65. The molecule has 0 bridgehead atoms. The summed E-state index contributed by atoms with van der Waals surface area (Å²) in [5.41, 5.74) is 2.71. The average molecular weight is 441 g/mol. The van der Waals surface area contributed by atoms with Gasteiger partial charge in [-0.2, -0.15) is 0 Å². The van der Waals surface area contributed by atoms with Gasteiger partial charge in [-0.15, -0.1) is 5.10 Å². The maximum absolute atomic E-state index is 10.7. The summed E-state index contributed by atoms with van der Waals surface area (Å²) in [7, 11) is 1.66. The van der Waals surface area contributed by atoms with E-state index in [0.29, 0.717) is 12.1 Å². The predicted molar refractivity (Wildman–Crippen MR) is 119 cm³/mol. The summed E-state index contributed by atoms with van der Waals surface area (Å²) < 4.78 is 17.9. The monoisotopic (exact) mass is 440 g/mol. The Morgan fingerprint density at radius 3 is 2.69 bits per heavy atom. The number of piperidine rings is 1. The summed E-state index contributed by atoms with van der Waals surface area (Å²) in [6, 6.07) is 11.4. The Kier molecular flexibility index (Phi) is 6.75. The van der Waals surface area contributed by atoms with Crippen LogP contribution in [0.3, 0.4) is 0 Å². The molecule has 32 heavy (non-hydrogen) atoms. The second kappa shape index (κ2) is 9.86. The van der Waals surface area contributed by atoms with Gasteiger partial charge in [0.15, 0.2) is 11.5 Å². The molecule has 0 amide bonds. The maximum atomic E-state index is 10.7. The molecule has 1 saturated heterocycles. The van der Waals surface area contributed by atoms with Crippen molar-refractivity contribution in [3.05, 3.63) is 42.0 Å². The molecule has 0 aliphatic carbocycles. The summed E-state index contributed by atoms with van der Waals surface area (Å²) in [4.78, 5) is 13.2. The standard InChI is InChI=1S/C23H28N4O5/c1-3-12-31-22-13-16(4-7-21(22)30-2)15-26-10-8-17(9-11-26)27-20-6-5-18(32-23(28)29)14-19(20)24-25-27/h4-7,13-14,17H,3,8-12,15H2,1-2H3,(H,28,29). The quantitative estimate of drug-likeness (QED) is 0.412. The molecular weight excluding hydrogens is 412 g/mol. The number of aromatic nitrogens is 3. The number of likely N-dealkylation sites (tertiary alicyclic amines) is 1. The zero-order valence-electron chi connectivity index (χ0n) is 18.4. The second-order valence-corrected chi connectivity index (χ2v) is 7.89. The van der Waals surface area contributed by atoms with Gasteiger partial charge in [0.25, 0.3) is 0 Å². The first-order valence-electron chi connectivity index (χ1n) is 10.8. The van der Waals surface area contributed by atoms with Crippen molar-refractivity contribution in [3.8, 4) is 17.2 Å². The number of hydrogen-bond acceptors (Lipinski definition) is 7. The lowest BCUT2D eigenvalue weighted by Gasteiger charge is -2.32. The zero-order chi connectivity index (χ0) is 22.5. The minimum atomic E-state index is -1.34. The van der Waals surface area contributed by atoms with E-state index in [9.17, 15) is 4.79 Å². The third kappa shape index (κ3) is 4.94. The minimum absolute atomic E-state index is 0.244. The Labute approximate surface area is 186 Å². The molecule has 0 radical (unpaired) electrons. The van der Waals surface area contributed by atoms with Crippen molar-refractivity contribution < 1.29 is 24.1 Å². The molecule has 1 N–H and O–H groups in total. The number of ether oxygens (including phenoxy) is 3. The summed E-state index contributed by atoms with van der Waals surface area (Å²) in [6.45, 7) is 5.50. The van der Waals surface area contributed by atoms with Gasteiger partial charge < -0.3 is 19.3 Å². The van der Waals surface area contributed by atoms with E-state index in [1.807, 2.05) is 16.8 Å². The fraction of sp³-hybridized carbons (Fsp3) is 0.435. The van der Waals surface area contributed by atoms with Crippen molar-refractivity contribution >= 4 is 17.2 Å². The Bertz CT molecular complexity index is 1080. The Morgan fingerprint density at radius 1 is 1.16 bits per heavy atom. The Morgan fingerprint density at radius 2 is 1.97 bits per heavy atom. The molecule has 3 aromatic rings. The van der Waals surface area contributed by atoms with Crippen molar-refractivity contribution in [2.24, 2.45) is 0 Å². The molecule has 170 valence electrons. The molecule has 2 heterocycles. The van der Waals surface area contributed by atoms with Gasteiger partial charge in [0.05, 0.1) is 25.3 Å². The number of rotatable bonds is 8. The van der Waals surface area contributed by atoms with E-state index in [1.54, 1.807) is 19.2 Å². The molecule has 0 unspecified atom stereocenters. The highest BCUT2D eigenvalue weighted by atomic mass is 16.7. The lowest BCUT2D eigenvalue weighted by molar-refractivity contribution is 0.144. The Balaban J connectivity index is 1.39.